The Morgan fingerprint density at radius 2 is 2.04 bits per heavy atom. The lowest BCUT2D eigenvalue weighted by molar-refractivity contribution is -0.00603. The zero-order chi connectivity index (χ0) is 17.6. The number of rotatable bonds is 2. The number of hydrogen-bond acceptors (Lipinski definition) is 4. The molecule has 6 nitrogen and oxygen atoms in total. The van der Waals surface area contributed by atoms with E-state index in [1.807, 2.05) is 4.90 Å². The lowest BCUT2D eigenvalue weighted by atomic mass is 9.74. The van der Waals surface area contributed by atoms with Gasteiger partial charge in [-0.1, -0.05) is 18.5 Å². The van der Waals surface area contributed by atoms with E-state index < -0.39 is 5.82 Å². The maximum absolute atomic E-state index is 14.3. The number of urea groups is 1. The van der Waals surface area contributed by atoms with Crippen molar-refractivity contribution in [3.05, 3.63) is 35.4 Å². The van der Waals surface area contributed by atoms with Crippen LogP contribution in [0.15, 0.2) is 24.5 Å². The van der Waals surface area contributed by atoms with Gasteiger partial charge in [0.05, 0.1) is 16.9 Å². The van der Waals surface area contributed by atoms with Crippen LogP contribution in [0.25, 0.3) is 11.4 Å². The fraction of sp³-hybridized carbons (Fsp3) is 0.412. The average molecular weight is 362 g/mol. The Morgan fingerprint density at radius 1 is 1.28 bits per heavy atom. The molecule has 0 radical (unpaired) electrons. The summed E-state index contributed by atoms with van der Waals surface area (Å²) < 4.78 is 14.3. The van der Waals surface area contributed by atoms with E-state index in [0.717, 1.165) is 25.3 Å². The third kappa shape index (κ3) is 2.93. The van der Waals surface area contributed by atoms with E-state index >= 15 is 0 Å². The monoisotopic (exact) mass is 361 g/mol. The lowest BCUT2D eigenvalue weighted by Crippen LogP contribution is -2.63. The fourth-order valence-corrected chi connectivity index (χ4v) is 4.08. The first-order valence-electron chi connectivity index (χ1n) is 8.25. The molecule has 3 fully saturated rings. The SMILES string of the molecule is CC1C[C@@H]2C[C@H](C1)N2C(=O)Nc1cc(-c2nccnn2)c(Cl)cc1F. The smallest absolute Gasteiger partial charge is 0.318 e. The van der Waals surface area contributed by atoms with Crippen LogP contribution in [-0.2, 0) is 0 Å². The highest BCUT2D eigenvalue weighted by Crippen LogP contribution is 2.41. The minimum atomic E-state index is -0.593. The van der Waals surface area contributed by atoms with Gasteiger partial charge in [0, 0.05) is 23.8 Å². The van der Waals surface area contributed by atoms with Crippen molar-refractivity contribution in [1.29, 1.82) is 0 Å². The van der Waals surface area contributed by atoms with Crippen molar-refractivity contribution in [2.75, 3.05) is 5.32 Å². The van der Waals surface area contributed by atoms with Gasteiger partial charge < -0.3 is 10.2 Å². The third-order valence-corrected chi connectivity index (χ3v) is 5.25. The molecule has 1 saturated carbocycles. The molecule has 130 valence electrons. The van der Waals surface area contributed by atoms with Gasteiger partial charge in [-0.25, -0.2) is 14.2 Å². The van der Waals surface area contributed by atoms with Crippen molar-refractivity contribution in [1.82, 2.24) is 20.1 Å². The van der Waals surface area contributed by atoms with Crippen LogP contribution in [0.2, 0.25) is 5.02 Å². The van der Waals surface area contributed by atoms with E-state index in [4.69, 9.17) is 11.6 Å². The molecule has 25 heavy (non-hydrogen) atoms. The summed E-state index contributed by atoms with van der Waals surface area (Å²) in [7, 11) is 0. The van der Waals surface area contributed by atoms with Gasteiger partial charge >= 0.3 is 6.03 Å². The van der Waals surface area contributed by atoms with Crippen molar-refractivity contribution in [2.24, 2.45) is 5.92 Å². The Labute approximate surface area is 149 Å². The van der Waals surface area contributed by atoms with Crippen LogP contribution < -0.4 is 5.32 Å². The second-order valence-corrected chi connectivity index (χ2v) is 7.14. The maximum Gasteiger partial charge on any atom is 0.322 e. The zero-order valence-electron chi connectivity index (χ0n) is 13.6. The molecule has 0 spiro atoms. The van der Waals surface area contributed by atoms with E-state index in [9.17, 15) is 9.18 Å². The number of benzene rings is 1. The molecule has 2 amide bonds. The van der Waals surface area contributed by atoms with Crippen LogP contribution in [0, 0.1) is 11.7 Å². The van der Waals surface area contributed by atoms with Gasteiger partial charge in [0.25, 0.3) is 0 Å². The van der Waals surface area contributed by atoms with E-state index in [1.54, 1.807) is 0 Å². The first-order valence-corrected chi connectivity index (χ1v) is 8.63. The molecule has 1 unspecified atom stereocenters. The van der Waals surface area contributed by atoms with Gasteiger partial charge in [0.15, 0.2) is 5.82 Å². The molecule has 2 bridgehead atoms. The molecule has 5 rings (SSSR count). The average Bonchev–Trinajstić information content (AvgIpc) is 2.57. The largest absolute Gasteiger partial charge is 0.322 e. The highest BCUT2D eigenvalue weighted by Gasteiger charge is 2.46. The van der Waals surface area contributed by atoms with Gasteiger partial charge in [-0.2, -0.15) is 5.10 Å². The molecule has 2 aromatic rings. The van der Waals surface area contributed by atoms with Crippen molar-refractivity contribution < 1.29 is 9.18 Å². The number of piperidine rings is 1. The highest BCUT2D eigenvalue weighted by atomic mass is 35.5. The van der Waals surface area contributed by atoms with Crippen LogP contribution >= 0.6 is 11.6 Å². The van der Waals surface area contributed by atoms with Gasteiger partial charge in [0.2, 0.25) is 0 Å². The maximum atomic E-state index is 14.3. The number of anilines is 1. The second-order valence-electron chi connectivity index (χ2n) is 6.74. The van der Waals surface area contributed by atoms with Gasteiger partial charge in [-0.15, -0.1) is 5.10 Å². The molecule has 3 aliphatic rings. The minimum Gasteiger partial charge on any atom is -0.318 e. The van der Waals surface area contributed by atoms with Gasteiger partial charge in [0.1, 0.15) is 5.82 Å². The van der Waals surface area contributed by atoms with Crippen LogP contribution in [0.1, 0.15) is 26.2 Å². The summed E-state index contributed by atoms with van der Waals surface area (Å²) in [5.41, 5.74) is 0.485. The normalized spacial score (nSPS) is 24.6. The van der Waals surface area contributed by atoms with Crippen molar-refractivity contribution in [3.8, 4) is 11.4 Å². The summed E-state index contributed by atoms with van der Waals surface area (Å²) in [6, 6.07) is 2.84. The van der Waals surface area contributed by atoms with Crippen LogP contribution in [0.4, 0.5) is 14.9 Å². The number of nitrogens with one attached hydrogen (secondary N) is 1. The molecule has 1 aromatic heterocycles. The molecular formula is C17H17ClFN5O. The summed E-state index contributed by atoms with van der Waals surface area (Å²) in [6.45, 7) is 2.20. The molecular weight excluding hydrogens is 345 g/mol. The topological polar surface area (TPSA) is 71.0 Å². The van der Waals surface area contributed by atoms with Crippen LogP contribution in [-0.4, -0.2) is 38.2 Å². The standard InChI is InChI=1S/C17H17ClFN5O/c1-9-4-10-6-11(5-9)24(10)17(25)22-15-7-12(13(18)8-14(15)19)16-20-2-3-21-23-16/h2-3,7-11H,4-6H2,1H3,(H,22,25)/t9?,10-,11+. The number of hydrogen-bond donors (Lipinski definition) is 1. The summed E-state index contributed by atoms with van der Waals surface area (Å²) in [5, 5.41) is 10.5. The third-order valence-electron chi connectivity index (χ3n) is 4.94. The minimum absolute atomic E-state index is 0.0647. The summed E-state index contributed by atoms with van der Waals surface area (Å²) >= 11 is 6.10. The van der Waals surface area contributed by atoms with E-state index in [1.165, 1.54) is 18.5 Å². The summed E-state index contributed by atoms with van der Waals surface area (Å²) in [5.74, 6) is 0.317. The Hall–Kier alpha value is -2.28. The van der Waals surface area contributed by atoms with Crippen molar-refractivity contribution in [2.45, 2.75) is 38.3 Å². The Morgan fingerprint density at radius 3 is 2.72 bits per heavy atom. The highest BCUT2D eigenvalue weighted by molar-refractivity contribution is 6.33. The molecule has 1 N–H and O–H groups in total. The number of nitrogens with zero attached hydrogens (tertiary/aromatic N) is 4. The number of fused-ring (bicyclic) bond motifs is 2. The number of carbonyl (C=O) groups is 1. The predicted octanol–water partition coefficient (Wildman–Crippen LogP) is 3.74. The van der Waals surface area contributed by atoms with Crippen molar-refractivity contribution >= 4 is 23.3 Å². The molecule has 3 heterocycles. The first-order chi connectivity index (χ1) is 12.0. The summed E-state index contributed by atoms with van der Waals surface area (Å²) in [6.07, 6.45) is 5.95. The number of carbonyl (C=O) groups excluding carboxylic acids is 1. The first kappa shape index (κ1) is 16.2. The van der Waals surface area contributed by atoms with E-state index in [2.05, 4.69) is 27.4 Å². The Kier molecular flexibility index (Phi) is 4.03. The van der Waals surface area contributed by atoms with Crippen LogP contribution in [0.5, 0.6) is 0 Å². The molecule has 1 aliphatic carbocycles. The van der Waals surface area contributed by atoms with E-state index in [0.29, 0.717) is 11.5 Å². The Bertz CT molecular complexity index is 806. The molecule has 2 aliphatic heterocycles. The molecule has 2 saturated heterocycles. The second kappa shape index (κ2) is 6.22. The summed E-state index contributed by atoms with van der Waals surface area (Å²) in [4.78, 5) is 18.5. The van der Waals surface area contributed by atoms with Gasteiger partial charge in [-0.3, -0.25) is 0 Å². The molecule has 1 aromatic carbocycles. The predicted molar refractivity (Wildman–Crippen MR) is 91.7 cm³/mol. The lowest BCUT2D eigenvalue weighted by Gasteiger charge is -2.54. The van der Waals surface area contributed by atoms with E-state index in [-0.39, 0.29) is 34.6 Å². The number of amides is 2. The van der Waals surface area contributed by atoms with Crippen LogP contribution in [0.3, 0.4) is 0 Å². The van der Waals surface area contributed by atoms with Gasteiger partial charge in [-0.05, 0) is 37.3 Å². The quantitative estimate of drug-likeness (QED) is 0.884. The molecule has 3 atom stereocenters. The number of halogens is 2. The van der Waals surface area contributed by atoms with Crippen molar-refractivity contribution in [3.63, 3.8) is 0 Å². The number of aromatic nitrogens is 3. The molecule has 8 heteroatoms. The Balaban J connectivity index is 1.58. The zero-order valence-corrected chi connectivity index (χ0v) is 14.4. The fourth-order valence-electron chi connectivity index (χ4n) is 3.84.